The van der Waals surface area contributed by atoms with E-state index in [1.807, 2.05) is 0 Å². The number of nitro benzene ring substituents is 1. The number of carboxylic acid groups (broad SMARTS) is 2. The summed E-state index contributed by atoms with van der Waals surface area (Å²) < 4.78 is 0. The van der Waals surface area contributed by atoms with Crippen LogP contribution < -0.4 is 10.2 Å². The molecule has 1 heterocycles. The Bertz CT molecular complexity index is 1020. The Hall–Kier alpha value is -4.28. The molecule has 0 spiro atoms. The van der Waals surface area contributed by atoms with Crippen molar-refractivity contribution in [2.45, 2.75) is 12.5 Å². The molecular formula is C18H13N3O8. The van der Waals surface area contributed by atoms with Crippen LogP contribution in [0.1, 0.15) is 27.1 Å². The van der Waals surface area contributed by atoms with Crippen molar-refractivity contribution in [3.63, 3.8) is 0 Å². The van der Waals surface area contributed by atoms with Crippen LogP contribution in [-0.2, 0) is 9.59 Å². The molecule has 0 aliphatic carbocycles. The fraction of sp³-hybridized carbons (Fsp3) is 0.111. The molecule has 1 fully saturated rings. The second kappa shape index (κ2) is 7.38. The third kappa shape index (κ3) is 3.88. The molecule has 3 rings (SSSR count). The molecule has 1 aliphatic heterocycles. The molecule has 2 aromatic rings. The summed E-state index contributed by atoms with van der Waals surface area (Å²) in [5.41, 5.74) is -0.698. The van der Waals surface area contributed by atoms with Crippen molar-refractivity contribution in [1.82, 2.24) is 0 Å². The van der Waals surface area contributed by atoms with Gasteiger partial charge >= 0.3 is 11.9 Å². The van der Waals surface area contributed by atoms with E-state index in [2.05, 4.69) is 5.32 Å². The first kappa shape index (κ1) is 19.5. The lowest BCUT2D eigenvalue weighted by molar-refractivity contribution is -0.384. The lowest BCUT2D eigenvalue weighted by Gasteiger charge is -2.17. The predicted molar refractivity (Wildman–Crippen MR) is 98.0 cm³/mol. The van der Waals surface area contributed by atoms with Crippen LogP contribution in [0, 0.1) is 10.1 Å². The van der Waals surface area contributed by atoms with E-state index >= 15 is 0 Å². The molecule has 11 heteroatoms. The van der Waals surface area contributed by atoms with Gasteiger partial charge in [-0.3, -0.25) is 19.7 Å². The molecule has 0 aromatic heterocycles. The molecular weight excluding hydrogens is 386 g/mol. The summed E-state index contributed by atoms with van der Waals surface area (Å²) in [6.07, 6.45) is -0.254. The van der Waals surface area contributed by atoms with Crippen LogP contribution in [0.15, 0.2) is 42.5 Å². The number of non-ortho nitro benzene ring substituents is 1. The van der Waals surface area contributed by atoms with E-state index in [0.29, 0.717) is 5.69 Å². The maximum Gasteiger partial charge on any atom is 0.335 e. The highest BCUT2D eigenvalue weighted by atomic mass is 16.6. The molecule has 1 saturated heterocycles. The minimum Gasteiger partial charge on any atom is -0.478 e. The van der Waals surface area contributed by atoms with Gasteiger partial charge in [0.1, 0.15) is 6.04 Å². The maximum atomic E-state index is 12.7. The van der Waals surface area contributed by atoms with Gasteiger partial charge in [-0.1, -0.05) is 0 Å². The van der Waals surface area contributed by atoms with Crippen molar-refractivity contribution in [3.05, 3.63) is 63.7 Å². The zero-order valence-corrected chi connectivity index (χ0v) is 14.6. The predicted octanol–water partition coefficient (Wildman–Crippen LogP) is 1.74. The largest absolute Gasteiger partial charge is 0.478 e. The third-order valence-electron chi connectivity index (χ3n) is 4.24. The molecule has 1 aliphatic rings. The van der Waals surface area contributed by atoms with Gasteiger partial charge in [0, 0.05) is 17.8 Å². The second-order valence-corrected chi connectivity index (χ2v) is 6.15. The number of hydrogen-bond donors (Lipinski definition) is 3. The van der Waals surface area contributed by atoms with Gasteiger partial charge in [0.05, 0.1) is 28.2 Å². The number of rotatable bonds is 6. The Morgan fingerprint density at radius 2 is 1.59 bits per heavy atom. The molecule has 1 atom stereocenters. The number of benzene rings is 2. The van der Waals surface area contributed by atoms with Crippen molar-refractivity contribution in [1.29, 1.82) is 0 Å². The summed E-state index contributed by atoms with van der Waals surface area (Å²) >= 11 is 0. The average molecular weight is 399 g/mol. The number of amides is 2. The van der Waals surface area contributed by atoms with E-state index in [1.54, 1.807) is 0 Å². The average Bonchev–Trinajstić information content (AvgIpc) is 2.94. The van der Waals surface area contributed by atoms with Crippen LogP contribution in [0.4, 0.5) is 17.1 Å². The smallest absolute Gasteiger partial charge is 0.335 e. The van der Waals surface area contributed by atoms with Crippen molar-refractivity contribution >= 4 is 40.8 Å². The quantitative estimate of drug-likeness (QED) is 0.372. The van der Waals surface area contributed by atoms with E-state index in [9.17, 15) is 29.3 Å². The minimum absolute atomic E-state index is 0.141. The summed E-state index contributed by atoms with van der Waals surface area (Å²) in [4.78, 5) is 58.4. The van der Waals surface area contributed by atoms with E-state index < -0.39 is 34.7 Å². The topological polar surface area (TPSA) is 167 Å². The van der Waals surface area contributed by atoms with E-state index in [4.69, 9.17) is 10.2 Å². The third-order valence-corrected chi connectivity index (χ3v) is 4.24. The van der Waals surface area contributed by atoms with Gasteiger partial charge in [0.25, 0.3) is 11.6 Å². The Labute approximate surface area is 162 Å². The number of nitrogens with zero attached hydrogens (tertiary/aromatic N) is 2. The van der Waals surface area contributed by atoms with Crippen LogP contribution in [0.2, 0.25) is 0 Å². The van der Waals surface area contributed by atoms with E-state index in [1.165, 1.54) is 24.3 Å². The Morgan fingerprint density at radius 1 is 1.03 bits per heavy atom. The van der Waals surface area contributed by atoms with Gasteiger partial charge in [-0.15, -0.1) is 0 Å². The number of carboxylic acids is 2. The Kier molecular flexibility index (Phi) is 4.96. The van der Waals surface area contributed by atoms with E-state index in [-0.39, 0.29) is 28.9 Å². The molecule has 29 heavy (non-hydrogen) atoms. The lowest BCUT2D eigenvalue weighted by Crippen LogP contribution is -2.35. The molecule has 11 nitrogen and oxygen atoms in total. The summed E-state index contributed by atoms with van der Waals surface area (Å²) in [6.45, 7) is 0. The first-order valence-electron chi connectivity index (χ1n) is 8.17. The number of carbonyl (C=O) groups is 4. The van der Waals surface area contributed by atoms with Gasteiger partial charge in [0.15, 0.2) is 0 Å². The normalized spacial score (nSPS) is 16.0. The zero-order chi connectivity index (χ0) is 21.3. The summed E-state index contributed by atoms with van der Waals surface area (Å²) in [5.74, 6) is -4.16. The second-order valence-electron chi connectivity index (χ2n) is 6.15. The number of carbonyl (C=O) groups excluding carboxylic acids is 2. The monoisotopic (exact) mass is 399 g/mol. The number of aromatic carboxylic acids is 2. The first-order chi connectivity index (χ1) is 13.7. The highest BCUT2D eigenvalue weighted by Gasteiger charge is 2.40. The number of anilines is 2. The molecule has 0 bridgehead atoms. The van der Waals surface area contributed by atoms with Crippen LogP contribution >= 0.6 is 0 Å². The van der Waals surface area contributed by atoms with Crippen molar-refractivity contribution < 1.29 is 34.3 Å². The van der Waals surface area contributed by atoms with Crippen molar-refractivity contribution in [3.8, 4) is 0 Å². The number of imide groups is 1. The van der Waals surface area contributed by atoms with Gasteiger partial charge in [-0.2, -0.15) is 0 Å². The molecule has 2 amide bonds. The van der Waals surface area contributed by atoms with E-state index in [0.717, 1.165) is 23.1 Å². The van der Waals surface area contributed by atoms with Crippen molar-refractivity contribution in [2.75, 3.05) is 10.2 Å². The molecule has 1 unspecified atom stereocenters. The van der Waals surface area contributed by atoms with Crippen molar-refractivity contribution in [2.24, 2.45) is 0 Å². The van der Waals surface area contributed by atoms with Gasteiger partial charge in [-0.05, 0) is 30.3 Å². The zero-order valence-electron chi connectivity index (χ0n) is 14.6. The summed E-state index contributed by atoms with van der Waals surface area (Å²) in [7, 11) is 0. The SMILES string of the molecule is O=C(O)c1cc(C(=O)O)cc(N2C(=O)CC(Nc3ccc([N+](=O)[O-])cc3)C2=O)c1. The Balaban J connectivity index is 1.88. The highest BCUT2D eigenvalue weighted by Crippen LogP contribution is 2.28. The molecule has 3 N–H and O–H groups in total. The molecule has 148 valence electrons. The Morgan fingerprint density at radius 3 is 2.07 bits per heavy atom. The highest BCUT2D eigenvalue weighted by molar-refractivity contribution is 6.23. The molecule has 0 radical (unpaired) electrons. The summed E-state index contributed by atoms with van der Waals surface area (Å²) in [6, 6.07) is 7.24. The van der Waals surface area contributed by atoms with Gasteiger partial charge in [0.2, 0.25) is 5.91 Å². The number of nitrogens with one attached hydrogen (secondary N) is 1. The number of nitro groups is 1. The maximum absolute atomic E-state index is 12.7. The number of hydrogen-bond acceptors (Lipinski definition) is 7. The van der Waals surface area contributed by atoms with Gasteiger partial charge < -0.3 is 15.5 Å². The fourth-order valence-corrected chi connectivity index (χ4v) is 2.88. The first-order valence-corrected chi connectivity index (χ1v) is 8.17. The fourth-order valence-electron chi connectivity index (χ4n) is 2.88. The summed E-state index contributed by atoms with van der Waals surface area (Å²) in [5, 5.41) is 31.8. The minimum atomic E-state index is -1.41. The van der Waals surface area contributed by atoms with Crippen LogP contribution in [-0.4, -0.2) is 44.9 Å². The molecule has 0 saturated carbocycles. The lowest BCUT2D eigenvalue weighted by atomic mass is 10.1. The van der Waals surface area contributed by atoms with Gasteiger partial charge in [-0.25, -0.2) is 14.5 Å². The van der Waals surface area contributed by atoms with Crippen LogP contribution in [0.5, 0.6) is 0 Å². The molecule has 2 aromatic carbocycles. The van der Waals surface area contributed by atoms with Crippen LogP contribution in [0.3, 0.4) is 0 Å². The van der Waals surface area contributed by atoms with Crippen LogP contribution in [0.25, 0.3) is 0 Å². The standard InChI is InChI=1S/C18H13N3O8/c22-15-8-14(19-11-1-3-12(4-2-11)21(28)29)16(23)20(15)13-6-9(17(24)25)5-10(7-13)18(26)27/h1-7,14,19H,8H2,(H,24,25)(H,26,27).